The van der Waals surface area contributed by atoms with Crippen LogP contribution in [0.4, 0.5) is 0 Å². The highest BCUT2D eigenvalue weighted by Gasteiger charge is 2.18. The fraction of sp³-hybridized carbons (Fsp3) is 0.333. The molecule has 5 heteroatoms. The largest absolute Gasteiger partial charge is 0.485 e. The summed E-state index contributed by atoms with van der Waals surface area (Å²) in [4.78, 5) is 15.3. The molecule has 1 aromatic heterocycles. The van der Waals surface area contributed by atoms with Gasteiger partial charge in [0, 0.05) is 6.04 Å². The number of aryl methyl sites for hydroxylation is 1. The number of aromatic carboxylic acids is 1. The van der Waals surface area contributed by atoms with Gasteiger partial charge < -0.3 is 14.4 Å². The Kier molecular flexibility index (Phi) is 4.08. The van der Waals surface area contributed by atoms with Crippen molar-refractivity contribution in [1.82, 2.24) is 9.55 Å². The molecule has 0 fully saturated rings. The first kappa shape index (κ1) is 14.1. The lowest BCUT2D eigenvalue weighted by atomic mass is 10.2. The summed E-state index contributed by atoms with van der Waals surface area (Å²) in [6.07, 6.45) is 1.37. The van der Waals surface area contributed by atoms with Crippen LogP contribution in [0, 0.1) is 6.92 Å². The first-order chi connectivity index (χ1) is 9.50. The van der Waals surface area contributed by atoms with Crippen LogP contribution in [0.2, 0.25) is 0 Å². The van der Waals surface area contributed by atoms with E-state index in [0.717, 1.165) is 11.3 Å². The third-order valence-electron chi connectivity index (χ3n) is 3.06. The van der Waals surface area contributed by atoms with Gasteiger partial charge in [0.2, 0.25) is 0 Å². The monoisotopic (exact) mass is 274 g/mol. The Morgan fingerprint density at radius 1 is 1.40 bits per heavy atom. The zero-order chi connectivity index (χ0) is 14.7. The molecule has 0 aliphatic carbocycles. The van der Waals surface area contributed by atoms with Crippen molar-refractivity contribution in [2.75, 3.05) is 0 Å². The summed E-state index contributed by atoms with van der Waals surface area (Å²) >= 11 is 0. The maximum atomic E-state index is 11.2. The molecule has 1 heterocycles. The summed E-state index contributed by atoms with van der Waals surface area (Å²) < 4.78 is 7.41. The van der Waals surface area contributed by atoms with E-state index in [-0.39, 0.29) is 18.3 Å². The number of hydrogen-bond acceptors (Lipinski definition) is 3. The van der Waals surface area contributed by atoms with Crippen molar-refractivity contribution in [3.8, 4) is 5.75 Å². The number of carbonyl (C=O) groups is 1. The van der Waals surface area contributed by atoms with Crippen LogP contribution in [0.1, 0.15) is 41.8 Å². The fourth-order valence-electron chi connectivity index (χ4n) is 2.10. The van der Waals surface area contributed by atoms with Crippen molar-refractivity contribution in [3.05, 3.63) is 47.5 Å². The molecule has 0 bridgehead atoms. The molecule has 0 unspecified atom stereocenters. The number of carboxylic acid groups (broad SMARTS) is 1. The van der Waals surface area contributed by atoms with E-state index in [4.69, 9.17) is 9.84 Å². The molecule has 1 aromatic carbocycles. The van der Waals surface area contributed by atoms with Gasteiger partial charge in [-0.25, -0.2) is 9.78 Å². The van der Waals surface area contributed by atoms with E-state index in [2.05, 4.69) is 4.98 Å². The second kappa shape index (κ2) is 5.77. The molecule has 106 valence electrons. The normalized spacial score (nSPS) is 10.8. The van der Waals surface area contributed by atoms with Crippen molar-refractivity contribution in [2.45, 2.75) is 33.4 Å². The summed E-state index contributed by atoms with van der Waals surface area (Å²) in [6.45, 7) is 6.06. The lowest BCUT2D eigenvalue weighted by Crippen LogP contribution is -2.15. The van der Waals surface area contributed by atoms with E-state index in [0.29, 0.717) is 5.82 Å². The van der Waals surface area contributed by atoms with Crippen molar-refractivity contribution in [1.29, 1.82) is 0 Å². The molecule has 5 nitrogen and oxygen atoms in total. The zero-order valence-corrected chi connectivity index (χ0v) is 11.8. The highest BCUT2D eigenvalue weighted by molar-refractivity contribution is 5.85. The number of rotatable bonds is 5. The van der Waals surface area contributed by atoms with Crippen LogP contribution in [-0.4, -0.2) is 20.6 Å². The molecule has 20 heavy (non-hydrogen) atoms. The second-order valence-corrected chi connectivity index (χ2v) is 4.88. The SMILES string of the molecule is Cc1ccccc1OCc1ncc(C(=O)O)n1C(C)C. The van der Waals surface area contributed by atoms with Gasteiger partial charge in [-0.3, -0.25) is 0 Å². The molecule has 2 aromatic rings. The van der Waals surface area contributed by atoms with Crippen LogP contribution in [-0.2, 0) is 6.61 Å². The van der Waals surface area contributed by atoms with Gasteiger partial charge in [0.05, 0.1) is 6.20 Å². The molecule has 0 aliphatic heterocycles. The van der Waals surface area contributed by atoms with Crippen molar-refractivity contribution in [2.24, 2.45) is 0 Å². The summed E-state index contributed by atoms with van der Waals surface area (Å²) in [7, 11) is 0. The Morgan fingerprint density at radius 2 is 2.10 bits per heavy atom. The Balaban J connectivity index is 2.22. The van der Waals surface area contributed by atoms with E-state index < -0.39 is 5.97 Å². The van der Waals surface area contributed by atoms with Crippen LogP contribution in [0.5, 0.6) is 5.75 Å². The van der Waals surface area contributed by atoms with Crippen molar-refractivity contribution < 1.29 is 14.6 Å². The van der Waals surface area contributed by atoms with E-state index in [1.54, 1.807) is 4.57 Å². The molecule has 0 spiro atoms. The fourth-order valence-corrected chi connectivity index (χ4v) is 2.10. The predicted molar refractivity (Wildman–Crippen MR) is 75.1 cm³/mol. The number of carboxylic acids is 1. The molecule has 1 N–H and O–H groups in total. The Bertz CT molecular complexity index is 617. The first-order valence-electron chi connectivity index (χ1n) is 6.48. The molecular formula is C15H18N2O3. The number of ether oxygens (including phenoxy) is 1. The number of hydrogen-bond donors (Lipinski definition) is 1. The second-order valence-electron chi connectivity index (χ2n) is 4.88. The summed E-state index contributed by atoms with van der Waals surface area (Å²) in [5.74, 6) is 0.414. The van der Waals surface area contributed by atoms with Gasteiger partial charge >= 0.3 is 5.97 Å². The summed E-state index contributed by atoms with van der Waals surface area (Å²) in [5.41, 5.74) is 1.22. The minimum Gasteiger partial charge on any atom is -0.485 e. The molecule has 0 saturated carbocycles. The number of aromatic nitrogens is 2. The standard InChI is InChI=1S/C15H18N2O3/c1-10(2)17-12(15(18)19)8-16-14(17)9-20-13-7-5-4-6-11(13)3/h4-8,10H,9H2,1-3H3,(H,18,19). The molecular weight excluding hydrogens is 256 g/mol. The number of benzene rings is 1. The van der Waals surface area contributed by atoms with E-state index in [1.165, 1.54) is 6.20 Å². The van der Waals surface area contributed by atoms with Crippen molar-refractivity contribution >= 4 is 5.97 Å². The summed E-state index contributed by atoms with van der Waals surface area (Å²) in [5, 5.41) is 9.16. The quantitative estimate of drug-likeness (QED) is 0.910. The van der Waals surface area contributed by atoms with Gasteiger partial charge in [0.1, 0.15) is 23.9 Å². The molecule has 0 amide bonds. The number of para-hydroxylation sites is 1. The molecule has 0 radical (unpaired) electrons. The lowest BCUT2D eigenvalue weighted by molar-refractivity contribution is 0.0682. The summed E-state index contributed by atoms with van der Waals surface area (Å²) in [6, 6.07) is 7.71. The maximum Gasteiger partial charge on any atom is 0.354 e. The predicted octanol–water partition coefficient (Wildman–Crippen LogP) is 3.05. The third kappa shape index (κ3) is 2.82. The molecule has 0 aliphatic rings. The Hall–Kier alpha value is -2.30. The Morgan fingerprint density at radius 3 is 2.70 bits per heavy atom. The maximum absolute atomic E-state index is 11.2. The van der Waals surface area contributed by atoms with Crippen LogP contribution in [0.15, 0.2) is 30.5 Å². The number of imidazole rings is 1. The Labute approximate surface area is 117 Å². The van der Waals surface area contributed by atoms with Gasteiger partial charge in [-0.2, -0.15) is 0 Å². The highest BCUT2D eigenvalue weighted by atomic mass is 16.5. The van der Waals surface area contributed by atoms with E-state index in [9.17, 15) is 4.79 Å². The van der Waals surface area contributed by atoms with Crippen molar-refractivity contribution in [3.63, 3.8) is 0 Å². The van der Waals surface area contributed by atoms with Crippen LogP contribution in [0.25, 0.3) is 0 Å². The molecule has 0 atom stereocenters. The topological polar surface area (TPSA) is 64.3 Å². The van der Waals surface area contributed by atoms with Crippen LogP contribution < -0.4 is 4.74 Å². The average molecular weight is 274 g/mol. The van der Waals surface area contributed by atoms with E-state index in [1.807, 2.05) is 45.0 Å². The van der Waals surface area contributed by atoms with Gasteiger partial charge in [-0.15, -0.1) is 0 Å². The van der Waals surface area contributed by atoms with Crippen LogP contribution >= 0.6 is 0 Å². The smallest absolute Gasteiger partial charge is 0.354 e. The minimum atomic E-state index is -0.978. The lowest BCUT2D eigenvalue weighted by Gasteiger charge is -2.15. The molecule has 2 rings (SSSR count). The van der Waals surface area contributed by atoms with Gasteiger partial charge in [0.15, 0.2) is 0 Å². The average Bonchev–Trinajstić information content (AvgIpc) is 2.82. The highest BCUT2D eigenvalue weighted by Crippen LogP contribution is 2.19. The third-order valence-corrected chi connectivity index (χ3v) is 3.06. The van der Waals surface area contributed by atoms with Gasteiger partial charge in [0.25, 0.3) is 0 Å². The first-order valence-corrected chi connectivity index (χ1v) is 6.48. The zero-order valence-electron chi connectivity index (χ0n) is 11.8. The van der Waals surface area contributed by atoms with E-state index >= 15 is 0 Å². The number of nitrogens with zero attached hydrogens (tertiary/aromatic N) is 2. The van der Waals surface area contributed by atoms with Crippen LogP contribution in [0.3, 0.4) is 0 Å². The van der Waals surface area contributed by atoms with Gasteiger partial charge in [-0.1, -0.05) is 18.2 Å². The minimum absolute atomic E-state index is 0.0130. The molecule has 0 saturated heterocycles. The van der Waals surface area contributed by atoms with Gasteiger partial charge in [-0.05, 0) is 32.4 Å².